The number of nitrogens with zero attached hydrogens (tertiary/aromatic N) is 1. The number of carbonyl (C=O) groups is 1. The van der Waals surface area contributed by atoms with Crippen LogP contribution in [0.15, 0.2) is 29.2 Å². The largest absolute Gasteiger partial charge is 0.444 e. The van der Waals surface area contributed by atoms with Crippen LogP contribution in [0.4, 0.5) is 4.79 Å². The minimum absolute atomic E-state index is 0.0513. The van der Waals surface area contributed by atoms with E-state index < -0.39 is 11.7 Å². The van der Waals surface area contributed by atoms with Crippen molar-refractivity contribution in [2.24, 2.45) is 0 Å². The second-order valence-corrected chi connectivity index (χ2v) is 7.22. The van der Waals surface area contributed by atoms with Crippen LogP contribution in [0.1, 0.15) is 32.3 Å². The topological polar surface area (TPSA) is 49.8 Å². The van der Waals surface area contributed by atoms with Gasteiger partial charge in [-0.25, -0.2) is 4.79 Å². The summed E-state index contributed by atoms with van der Waals surface area (Å²) in [5, 5.41) is 10.3. The molecule has 1 saturated heterocycles. The second-order valence-electron chi connectivity index (χ2n) is 6.34. The van der Waals surface area contributed by atoms with Gasteiger partial charge < -0.3 is 14.7 Å². The zero-order valence-electron chi connectivity index (χ0n) is 13.0. The van der Waals surface area contributed by atoms with Gasteiger partial charge >= 0.3 is 6.09 Å². The summed E-state index contributed by atoms with van der Waals surface area (Å²) in [6.45, 7) is 6.35. The third-order valence-corrected chi connectivity index (χ3v) is 4.19. The van der Waals surface area contributed by atoms with Crippen molar-refractivity contribution in [3.8, 4) is 0 Å². The lowest BCUT2D eigenvalue weighted by Crippen LogP contribution is -2.35. The molecule has 4 nitrogen and oxygen atoms in total. The predicted molar refractivity (Wildman–Crippen MR) is 84.8 cm³/mol. The second kappa shape index (κ2) is 6.28. The third kappa shape index (κ3) is 4.14. The summed E-state index contributed by atoms with van der Waals surface area (Å²) in [5.41, 5.74) is 0.555. The van der Waals surface area contributed by atoms with Crippen LogP contribution < -0.4 is 0 Å². The van der Waals surface area contributed by atoms with Gasteiger partial charge in [-0.05, 0) is 44.7 Å². The average Bonchev–Trinajstić information content (AvgIpc) is 2.79. The van der Waals surface area contributed by atoms with Crippen LogP contribution in [0.3, 0.4) is 0 Å². The summed E-state index contributed by atoms with van der Waals surface area (Å²) >= 11 is 1.67. The average molecular weight is 309 g/mol. The first-order valence-electron chi connectivity index (χ1n) is 7.10. The van der Waals surface area contributed by atoms with Crippen molar-refractivity contribution in [3.05, 3.63) is 29.8 Å². The zero-order chi connectivity index (χ0) is 15.6. The number of rotatable bonds is 2. The number of β-amino-alcohol motifs (C(OH)–C–C–N with tert-alkyl or cyclic N) is 1. The molecule has 1 aromatic rings. The third-order valence-electron chi connectivity index (χ3n) is 3.46. The monoisotopic (exact) mass is 309 g/mol. The number of benzene rings is 1. The molecule has 1 amide bonds. The number of aliphatic hydroxyl groups is 1. The summed E-state index contributed by atoms with van der Waals surface area (Å²) in [6, 6.07) is 8.12. The number of hydrogen-bond donors (Lipinski definition) is 1. The number of thioether (sulfide) groups is 1. The van der Waals surface area contributed by atoms with Crippen LogP contribution in [-0.4, -0.2) is 47.1 Å². The highest BCUT2D eigenvalue weighted by atomic mass is 32.2. The number of carbonyl (C=O) groups excluding carboxylic acids is 1. The lowest BCUT2D eigenvalue weighted by atomic mass is 9.96. The van der Waals surface area contributed by atoms with Gasteiger partial charge in [-0.15, -0.1) is 11.8 Å². The van der Waals surface area contributed by atoms with E-state index in [0.29, 0.717) is 13.1 Å². The summed E-state index contributed by atoms with van der Waals surface area (Å²) < 4.78 is 5.37. The van der Waals surface area contributed by atoms with Gasteiger partial charge in [0.25, 0.3) is 0 Å². The van der Waals surface area contributed by atoms with E-state index in [-0.39, 0.29) is 12.0 Å². The molecule has 1 aromatic carbocycles. The Morgan fingerprint density at radius 2 is 2.10 bits per heavy atom. The molecule has 116 valence electrons. The van der Waals surface area contributed by atoms with Crippen LogP contribution >= 0.6 is 11.8 Å². The fraction of sp³-hybridized carbons (Fsp3) is 0.562. The molecule has 0 aromatic heterocycles. The molecule has 0 aliphatic carbocycles. The lowest BCUT2D eigenvalue weighted by Gasteiger charge is -2.24. The molecule has 0 radical (unpaired) electrons. The Balaban J connectivity index is 2.08. The van der Waals surface area contributed by atoms with Crippen molar-refractivity contribution in [3.63, 3.8) is 0 Å². The highest BCUT2D eigenvalue weighted by Gasteiger charge is 2.36. The van der Waals surface area contributed by atoms with E-state index in [9.17, 15) is 9.90 Å². The molecule has 1 N–H and O–H groups in total. The Morgan fingerprint density at radius 1 is 1.38 bits per heavy atom. The first-order chi connectivity index (χ1) is 9.80. The van der Waals surface area contributed by atoms with E-state index in [1.165, 1.54) is 0 Å². The van der Waals surface area contributed by atoms with Crippen molar-refractivity contribution < 1.29 is 14.6 Å². The van der Waals surface area contributed by atoms with Crippen molar-refractivity contribution in [2.45, 2.75) is 43.3 Å². The first kappa shape index (κ1) is 16.2. The van der Waals surface area contributed by atoms with Crippen LogP contribution in [-0.2, 0) is 4.74 Å². The molecule has 1 aliphatic heterocycles. The van der Waals surface area contributed by atoms with Crippen molar-refractivity contribution in [1.82, 2.24) is 4.90 Å². The maximum Gasteiger partial charge on any atom is 0.410 e. The molecule has 0 bridgehead atoms. The molecule has 2 rings (SSSR count). The van der Waals surface area contributed by atoms with Gasteiger partial charge in [0.1, 0.15) is 5.60 Å². The molecule has 0 saturated carbocycles. The van der Waals surface area contributed by atoms with Crippen LogP contribution in [0.5, 0.6) is 0 Å². The van der Waals surface area contributed by atoms with E-state index in [1.54, 1.807) is 16.7 Å². The summed E-state index contributed by atoms with van der Waals surface area (Å²) in [4.78, 5) is 14.8. The van der Waals surface area contributed by atoms with Crippen LogP contribution in [0, 0.1) is 0 Å². The standard InChI is InChI=1S/C16H23NO3S/c1-16(2,3)20-15(19)17-9-13(14(18)10-17)11-6-5-7-12(8-11)21-4/h5-8,13-14,18H,9-10H2,1-4H3/t13-,14+/m0/s1. The molecule has 0 unspecified atom stereocenters. The van der Waals surface area contributed by atoms with E-state index in [1.807, 2.05) is 45.2 Å². The Labute approximate surface area is 130 Å². The smallest absolute Gasteiger partial charge is 0.410 e. The molecule has 0 spiro atoms. The number of hydrogen-bond acceptors (Lipinski definition) is 4. The Hall–Kier alpha value is -1.20. The predicted octanol–water partition coefficient (Wildman–Crippen LogP) is 3.10. The summed E-state index contributed by atoms with van der Waals surface area (Å²) in [5.74, 6) is -0.0513. The van der Waals surface area contributed by atoms with Crippen LogP contribution in [0.2, 0.25) is 0 Å². The SMILES string of the molecule is CSc1cccc([C@@H]2CN(C(=O)OC(C)(C)C)C[C@H]2O)c1. The molecule has 2 atom stereocenters. The van der Waals surface area contributed by atoms with Gasteiger partial charge in [0.05, 0.1) is 12.6 Å². The van der Waals surface area contributed by atoms with Gasteiger partial charge in [-0.3, -0.25) is 0 Å². The Morgan fingerprint density at radius 3 is 2.71 bits per heavy atom. The van der Waals surface area contributed by atoms with E-state index in [4.69, 9.17) is 4.74 Å². The first-order valence-corrected chi connectivity index (χ1v) is 8.32. The van der Waals surface area contributed by atoms with Gasteiger partial charge in [0.2, 0.25) is 0 Å². The quantitative estimate of drug-likeness (QED) is 0.853. The van der Waals surface area contributed by atoms with E-state index in [2.05, 4.69) is 6.07 Å². The Kier molecular flexibility index (Phi) is 4.84. The molecular formula is C16H23NO3S. The maximum absolute atomic E-state index is 12.1. The van der Waals surface area contributed by atoms with Gasteiger partial charge in [0, 0.05) is 17.4 Å². The number of likely N-dealkylation sites (tertiary alicyclic amines) is 1. The molecule has 5 heteroatoms. The van der Waals surface area contributed by atoms with E-state index >= 15 is 0 Å². The van der Waals surface area contributed by atoms with Gasteiger partial charge in [-0.2, -0.15) is 0 Å². The minimum atomic E-state index is -0.547. The maximum atomic E-state index is 12.1. The fourth-order valence-corrected chi connectivity index (χ4v) is 2.93. The van der Waals surface area contributed by atoms with Crippen molar-refractivity contribution in [2.75, 3.05) is 19.3 Å². The van der Waals surface area contributed by atoms with Crippen LogP contribution in [0.25, 0.3) is 0 Å². The molecular weight excluding hydrogens is 286 g/mol. The zero-order valence-corrected chi connectivity index (χ0v) is 13.8. The number of amides is 1. The van der Waals surface area contributed by atoms with Gasteiger partial charge in [-0.1, -0.05) is 12.1 Å². The highest BCUT2D eigenvalue weighted by molar-refractivity contribution is 7.98. The normalized spacial score (nSPS) is 22.4. The minimum Gasteiger partial charge on any atom is -0.444 e. The molecule has 1 aliphatic rings. The highest BCUT2D eigenvalue weighted by Crippen LogP contribution is 2.30. The van der Waals surface area contributed by atoms with Gasteiger partial charge in [0.15, 0.2) is 0 Å². The van der Waals surface area contributed by atoms with E-state index in [0.717, 1.165) is 10.5 Å². The fourth-order valence-electron chi connectivity index (χ4n) is 2.46. The Bertz CT molecular complexity index is 512. The molecule has 1 fully saturated rings. The molecule has 21 heavy (non-hydrogen) atoms. The molecule has 1 heterocycles. The van der Waals surface area contributed by atoms with Crippen molar-refractivity contribution >= 4 is 17.9 Å². The lowest BCUT2D eigenvalue weighted by molar-refractivity contribution is 0.0270. The number of ether oxygens (including phenoxy) is 1. The number of aliphatic hydroxyl groups excluding tert-OH is 1. The summed E-state index contributed by atoms with van der Waals surface area (Å²) in [7, 11) is 0. The summed E-state index contributed by atoms with van der Waals surface area (Å²) in [6.07, 6.45) is 1.12. The van der Waals surface area contributed by atoms with Crippen molar-refractivity contribution in [1.29, 1.82) is 0 Å².